The van der Waals surface area contributed by atoms with Gasteiger partial charge in [-0.3, -0.25) is 0 Å². The molecule has 16 heavy (non-hydrogen) atoms. The van der Waals surface area contributed by atoms with Crippen LogP contribution in [0.2, 0.25) is 0 Å². The van der Waals surface area contributed by atoms with Crippen LogP contribution in [0, 0.1) is 12.7 Å². The van der Waals surface area contributed by atoms with Gasteiger partial charge >= 0.3 is 0 Å². The molecule has 1 N–H and O–H groups in total. The second kappa shape index (κ2) is 4.73. The Balaban J connectivity index is 2.28. The Morgan fingerprint density at radius 1 is 1.50 bits per heavy atom. The summed E-state index contributed by atoms with van der Waals surface area (Å²) in [5.74, 6) is -0.259. The molecule has 0 radical (unpaired) electrons. The molecular weight excluding hydrogens is 227 g/mol. The van der Waals surface area contributed by atoms with Crippen molar-refractivity contribution in [2.45, 2.75) is 30.1 Å². The molecule has 1 aliphatic heterocycles. The fraction of sp³-hybridized carbons (Fsp3) is 0.500. The van der Waals surface area contributed by atoms with E-state index in [9.17, 15) is 9.50 Å². The highest BCUT2D eigenvalue weighted by Crippen LogP contribution is 2.34. The van der Waals surface area contributed by atoms with Gasteiger partial charge < -0.3 is 9.84 Å². The third-order valence-electron chi connectivity index (χ3n) is 2.64. The van der Waals surface area contributed by atoms with E-state index in [0.29, 0.717) is 16.4 Å². The van der Waals surface area contributed by atoms with Crippen LogP contribution in [0.3, 0.4) is 0 Å². The molecule has 0 saturated carbocycles. The zero-order chi connectivity index (χ0) is 11.7. The Labute approximate surface area is 98.8 Å². The van der Waals surface area contributed by atoms with Crippen molar-refractivity contribution in [3.05, 3.63) is 29.1 Å². The zero-order valence-corrected chi connectivity index (χ0v) is 10.2. The van der Waals surface area contributed by atoms with E-state index in [-0.39, 0.29) is 5.82 Å². The lowest BCUT2D eigenvalue weighted by atomic mass is 10.1. The fourth-order valence-electron chi connectivity index (χ4n) is 1.56. The van der Waals surface area contributed by atoms with Crippen LogP contribution in [0.15, 0.2) is 17.0 Å². The molecule has 1 atom stereocenters. The average molecular weight is 242 g/mol. The minimum absolute atomic E-state index is 0.259. The first-order valence-corrected chi connectivity index (χ1v) is 6.18. The molecule has 0 spiro atoms. The van der Waals surface area contributed by atoms with Crippen LogP contribution in [0.5, 0.6) is 0 Å². The van der Waals surface area contributed by atoms with Gasteiger partial charge in [0.05, 0.1) is 24.6 Å². The van der Waals surface area contributed by atoms with Crippen molar-refractivity contribution < 1.29 is 14.2 Å². The lowest BCUT2D eigenvalue weighted by molar-refractivity contribution is 0.0455. The van der Waals surface area contributed by atoms with Crippen LogP contribution < -0.4 is 0 Å². The summed E-state index contributed by atoms with van der Waals surface area (Å²) in [6, 6.07) is 3.24. The highest BCUT2D eigenvalue weighted by Gasteiger charge is 2.22. The molecular formula is C12H15FO2S. The molecule has 0 amide bonds. The van der Waals surface area contributed by atoms with Crippen molar-refractivity contribution >= 4 is 11.8 Å². The molecule has 1 aromatic rings. The lowest BCUT2D eigenvalue weighted by Crippen LogP contribution is -2.30. The van der Waals surface area contributed by atoms with Gasteiger partial charge in [-0.1, -0.05) is 0 Å². The highest BCUT2D eigenvalue weighted by molar-refractivity contribution is 8.00. The first-order chi connectivity index (χ1) is 7.58. The van der Waals surface area contributed by atoms with Gasteiger partial charge in [0.15, 0.2) is 0 Å². The van der Waals surface area contributed by atoms with Crippen molar-refractivity contribution in [3.8, 4) is 0 Å². The SMILES string of the molecule is Cc1cc(SC2COC2)c([C@H](C)O)cc1F. The molecule has 1 fully saturated rings. The van der Waals surface area contributed by atoms with E-state index in [1.165, 1.54) is 6.07 Å². The molecule has 1 saturated heterocycles. The third kappa shape index (κ3) is 2.39. The molecule has 1 aromatic carbocycles. The Bertz CT molecular complexity index is 389. The lowest BCUT2D eigenvalue weighted by Gasteiger charge is -2.26. The summed E-state index contributed by atoms with van der Waals surface area (Å²) in [4.78, 5) is 0.960. The molecule has 2 nitrogen and oxygen atoms in total. The van der Waals surface area contributed by atoms with Gasteiger partial charge in [0.1, 0.15) is 5.82 Å². The minimum atomic E-state index is -0.640. The largest absolute Gasteiger partial charge is 0.389 e. The molecule has 2 rings (SSSR count). The van der Waals surface area contributed by atoms with E-state index < -0.39 is 6.10 Å². The summed E-state index contributed by atoms with van der Waals surface area (Å²) in [6.45, 7) is 4.87. The standard InChI is InChI=1S/C12H15FO2S/c1-7-3-12(16-9-5-15-6-9)10(8(2)14)4-11(7)13/h3-4,8-9,14H,5-6H2,1-2H3/t8-/m0/s1. The van der Waals surface area contributed by atoms with Crippen LogP contribution in [0.1, 0.15) is 24.2 Å². The van der Waals surface area contributed by atoms with E-state index in [2.05, 4.69) is 0 Å². The number of ether oxygens (including phenoxy) is 1. The third-order valence-corrected chi connectivity index (χ3v) is 3.86. The monoisotopic (exact) mass is 242 g/mol. The second-order valence-electron chi connectivity index (χ2n) is 4.09. The van der Waals surface area contributed by atoms with Crippen LogP contribution in [-0.4, -0.2) is 23.6 Å². The zero-order valence-electron chi connectivity index (χ0n) is 9.37. The summed E-state index contributed by atoms with van der Waals surface area (Å²) in [7, 11) is 0. The number of halogens is 1. The van der Waals surface area contributed by atoms with E-state index in [0.717, 1.165) is 18.1 Å². The molecule has 0 unspecified atom stereocenters. The van der Waals surface area contributed by atoms with Gasteiger partial charge in [-0.05, 0) is 37.1 Å². The average Bonchev–Trinajstić information content (AvgIpc) is 2.16. The van der Waals surface area contributed by atoms with Gasteiger partial charge in [-0.2, -0.15) is 0 Å². The topological polar surface area (TPSA) is 29.5 Å². The summed E-state index contributed by atoms with van der Waals surface area (Å²) in [6.07, 6.45) is -0.640. The number of aryl methyl sites for hydroxylation is 1. The fourth-order valence-corrected chi connectivity index (χ4v) is 2.86. The van der Waals surface area contributed by atoms with Gasteiger partial charge in [0.2, 0.25) is 0 Å². The normalized spacial score (nSPS) is 18.2. The summed E-state index contributed by atoms with van der Waals surface area (Å²) < 4.78 is 18.5. The van der Waals surface area contributed by atoms with E-state index in [1.54, 1.807) is 31.7 Å². The van der Waals surface area contributed by atoms with Crippen LogP contribution in [0.4, 0.5) is 4.39 Å². The van der Waals surface area contributed by atoms with Gasteiger partial charge in [0, 0.05) is 4.90 Å². The van der Waals surface area contributed by atoms with Crippen molar-refractivity contribution in [2.24, 2.45) is 0 Å². The molecule has 0 bridgehead atoms. The molecule has 0 aromatic heterocycles. The Hall–Kier alpha value is -0.580. The predicted octanol–water partition coefficient (Wildman–Crippen LogP) is 2.68. The maximum Gasteiger partial charge on any atom is 0.126 e. The van der Waals surface area contributed by atoms with Gasteiger partial charge in [-0.25, -0.2) is 4.39 Å². The van der Waals surface area contributed by atoms with Crippen LogP contribution >= 0.6 is 11.8 Å². The highest BCUT2D eigenvalue weighted by atomic mass is 32.2. The first-order valence-electron chi connectivity index (χ1n) is 5.30. The number of aliphatic hydroxyl groups excluding tert-OH is 1. The maximum absolute atomic E-state index is 13.4. The number of rotatable bonds is 3. The summed E-state index contributed by atoms with van der Waals surface area (Å²) in [5.41, 5.74) is 1.28. The maximum atomic E-state index is 13.4. The summed E-state index contributed by atoms with van der Waals surface area (Å²) in [5, 5.41) is 10.0. The first kappa shape index (κ1) is 11.9. The van der Waals surface area contributed by atoms with Crippen LogP contribution in [-0.2, 0) is 4.74 Å². The van der Waals surface area contributed by atoms with Crippen LogP contribution in [0.25, 0.3) is 0 Å². The predicted molar refractivity (Wildman–Crippen MR) is 62.2 cm³/mol. The number of hydrogen-bond donors (Lipinski definition) is 1. The summed E-state index contributed by atoms with van der Waals surface area (Å²) >= 11 is 1.66. The van der Waals surface area contributed by atoms with Crippen molar-refractivity contribution in [2.75, 3.05) is 13.2 Å². The minimum Gasteiger partial charge on any atom is -0.389 e. The van der Waals surface area contributed by atoms with Crippen molar-refractivity contribution in [3.63, 3.8) is 0 Å². The Kier molecular flexibility index (Phi) is 3.52. The number of benzene rings is 1. The Morgan fingerprint density at radius 3 is 2.69 bits per heavy atom. The van der Waals surface area contributed by atoms with Gasteiger partial charge in [0.25, 0.3) is 0 Å². The quantitative estimate of drug-likeness (QED) is 0.883. The molecule has 0 aliphatic carbocycles. The molecule has 4 heteroatoms. The second-order valence-corrected chi connectivity index (χ2v) is 5.43. The van der Waals surface area contributed by atoms with Gasteiger partial charge in [-0.15, -0.1) is 11.8 Å². The molecule has 1 heterocycles. The number of aliphatic hydroxyl groups is 1. The van der Waals surface area contributed by atoms with Crippen molar-refractivity contribution in [1.29, 1.82) is 0 Å². The number of hydrogen-bond acceptors (Lipinski definition) is 3. The van der Waals surface area contributed by atoms with Crippen molar-refractivity contribution in [1.82, 2.24) is 0 Å². The Morgan fingerprint density at radius 2 is 2.19 bits per heavy atom. The molecule has 88 valence electrons. The van der Waals surface area contributed by atoms with E-state index in [1.807, 2.05) is 0 Å². The van der Waals surface area contributed by atoms with E-state index >= 15 is 0 Å². The smallest absolute Gasteiger partial charge is 0.126 e. The van der Waals surface area contributed by atoms with E-state index in [4.69, 9.17) is 4.74 Å². The number of thioether (sulfide) groups is 1. The molecule has 1 aliphatic rings.